The Bertz CT molecular complexity index is 179. The molecule has 0 spiro atoms. The predicted octanol–water partition coefficient (Wildman–Crippen LogP) is 2.93. The molecular formula is C11H20O2. The van der Waals surface area contributed by atoms with E-state index >= 15 is 0 Å². The molecule has 0 fully saturated rings. The van der Waals surface area contributed by atoms with Crippen molar-refractivity contribution in [2.45, 2.75) is 40.5 Å². The van der Waals surface area contributed by atoms with E-state index < -0.39 is 0 Å². The van der Waals surface area contributed by atoms with Crippen LogP contribution in [0.25, 0.3) is 0 Å². The molecule has 0 aromatic rings. The third-order valence-corrected chi connectivity index (χ3v) is 2.36. The van der Waals surface area contributed by atoms with E-state index in [-0.39, 0.29) is 5.97 Å². The fourth-order valence-electron chi connectivity index (χ4n) is 0.950. The zero-order valence-corrected chi connectivity index (χ0v) is 9.09. The Kier molecular flexibility index (Phi) is 6.29. The van der Waals surface area contributed by atoms with Crippen molar-refractivity contribution in [3.63, 3.8) is 0 Å². The summed E-state index contributed by atoms with van der Waals surface area (Å²) in [6.45, 7) is 8.40. The van der Waals surface area contributed by atoms with Crippen molar-refractivity contribution < 1.29 is 9.53 Å². The average molecular weight is 184 g/mol. The van der Waals surface area contributed by atoms with Crippen molar-refractivity contribution in [3.05, 3.63) is 11.6 Å². The molecule has 0 saturated heterocycles. The fourth-order valence-corrected chi connectivity index (χ4v) is 0.950. The summed E-state index contributed by atoms with van der Waals surface area (Å²) in [5.74, 6) is 0.322. The lowest BCUT2D eigenvalue weighted by Gasteiger charge is -2.12. The Morgan fingerprint density at radius 2 is 1.92 bits per heavy atom. The minimum Gasteiger partial charge on any atom is -0.462 e. The standard InChI is InChI=1S/C11H20O2/c1-5-9(4)11(12)13-8-10(6-2)7-3/h5,10H,6-8H2,1-4H3/b9-5+. The van der Waals surface area contributed by atoms with Crippen LogP contribution < -0.4 is 0 Å². The summed E-state index contributed by atoms with van der Waals surface area (Å²) in [7, 11) is 0. The second-order valence-corrected chi connectivity index (χ2v) is 3.25. The smallest absolute Gasteiger partial charge is 0.333 e. The zero-order valence-electron chi connectivity index (χ0n) is 9.09. The maximum atomic E-state index is 11.2. The highest BCUT2D eigenvalue weighted by molar-refractivity contribution is 5.87. The molecule has 0 aliphatic carbocycles. The van der Waals surface area contributed by atoms with Gasteiger partial charge in [0.2, 0.25) is 0 Å². The van der Waals surface area contributed by atoms with Crippen LogP contribution in [-0.2, 0) is 9.53 Å². The van der Waals surface area contributed by atoms with Crippen LogP contribution in [0.3, 0.4) is 0 Å². The summed E-state index contributed by atoms with van der Waals surface area (Å²) in [4.78, 5) is 11.2. The largest absolute Gasteiger partial charge is 0.462 e. The van der Waals surface area contributed by atoms with E-state index in [9.17, 15) is 4.79 Å². The van der Waals surface area contributed by atoms with Gasteiger partial charge >= 0.3 is 5.97 Å². The van der Waals surface area contributed by atoms with E-state index in [0.29, 0.717) is 18.1 Å². The molecule has 0 radical (unpaired) electrons. The summed E-state index contributed by atoms with van der Waals surface area (Å²) in [5.41, 5.74) is 0.686. The molecule has 0 bridgehead atoms. The molecule has 0 aromatic carbocycles. The third kappa shape index (κ3) is 4.71. The Balaban J connectivity index is 3.81. The molecule has 0 aromatic heterocycles. The molecular weight excluding hydrogens is 164 g/mol. The summed E-state index contributed by atoms with van der Waals surface area (Å²) in [5, 5.41) is 0. The summed E-state index contributed by atoms with van der Waals surface area (Å²) >= 11 is 0. The van der Waals surface area contributed by atoms with Crippen molar-refractivity contribution in [3.8, 4) is 0 Å². The first kappa shape index (κ1) is 12.2. The molecule has 2 heteroatoms. The van der Waals surface area contributed by atoms with Crippen molar-refractivity contribution in [2.75, 3.05) is 6.61 Å². The van der Waals surface area contributed by atoms with Crippen LogP contribution >= 0.6 is 0 Å². The first-order chi connectivity index (χ1) is 6.15. The molecule has 0 aliphatic rings. The monoisotopic (exact) mass is 184 g/mol. The summed E-state index contributed by atoms with van der Waals surface area (Å²) < 4.78 is 5.13. The molecule has 13 heavy (non-hydrogen) atoms. The zero-order chi connectivity index (χ0) is 10.3. The van der Waals surface area contributed by atoms with Gasteiger partial charge < -0.3 is 4.74 Å². The van der Waals surface area contributed by atoms with Crippen LogP contribution in [0.1, 0.15) is 40.5 Å². The van der Waals surface area contributed by atoms with Crippen LogP contribution in [0.5, 0.6) is 0 Å². The van der Waals surface area contributed by atoms with Gasteiger partial charge in [0.25, 0.3) is 0 Å². The van der Waals surface area contributed by atoms with Crippen molar-refractivity contribution in [1.29, 1.82) is 0 Å². The van der Waals surface area contributed by atoms with E-state index in [4.69, 9.17) is 4.74 Å². The molecule has 0 rings (SSSR count). The van der Waals surface area contributed by atoms with Gasteiger partial charge in [-0.3, -0.25) is 0 Å². The van der Waals surface area contributed by atoms with Gasteiger partial charge in [0.1, 0.15) is 0 Å². The Morgan fingerprint density at radius 1 is 1.38 bits per heavy atom. The Labute approximate surface area is 81.0 Å². The Hall–Kier alpha value is -0.790. The van der Waals surface area contributed by atoms with Gasteiger partial charge in [-0.1, -0.05) is 32.8 Å². The lowest BCUT2D eigenvalue weighted by molar-refractivity contribution is -0.140. The number of carbonyl (C=O) groups excluding carboxylic acids is 1. The van der Waals surface area contributed by atoms with Crippen LogP contribution in [0.2, 0.25) is 0 Å². The lowest BCUT2D eigenvalue weighted by atomic mass is 10.1. The van der Waals surface area contributed by atoms with Crippen LogP contribution in [0, 0.1) is 5.92 Å². The Morgan fingerprint density at radius 3 is 2.31 bits per heavy atom. The lowest BCUT2D eigenvalue weighted by Crippen LogP contribution is -2.13. The molecule has 0 aliphatic heterocycles. The van der Waals surface area contributed by atoms with Gasteiger partial charge in [0.05, 0.1) is 6.61 Å². The van der Waals surface area contributed by atoms with Crippen molar-refractivity contribution in [2.24, 2.45) is 5.92 Å². The van der Waals surface area contributed by atoms with E-state index in [2.05, 4.69) is 13.8 Å². The highest BCUT2D eigenvalue weighted by Crippen LogP contribution is 2.08. The SMILES string of the molecule is C/C=C(\C)C(=O)OCC(CC)CC. The number of carbonyl (C=O) groups is 1. The topological polar surface area (TPSA) is 26.3 Å². The summed E-state index contributed by atoms with van der Waals surface area (Å²) in [6, 6.07) is 0. The molecule has 0 atom stereocenters. The van der Waals surface area contributed by atoms with E-state index in [1.54, 1.807) is 13.0 Å². The van der Waals surface area contributed by atoms with Crippen molar-refractivity contribution in [1.82, 2.24) is 0 Å². The first-order valence-electron chi connectivity index (χ1n) is 4.95. The minimum absolute atomic E-state index is 0.186. The van der Waals surface area contributed by atoms with E-state index in [1.165, 1.54) is 0 Å². The number of allylic oxidation sites excluding steroid dienone is 1. The van der Waals surface area contributed by atoms with Gasteiger partial charge in [-0.25, -0.2) is 4.79 Å². The molecule has 76 valence electrons. The van der Waals surface area contributed by atoms with Crippen molar-refractivity contribution >= 4 is 5.97 Å². The number of hydrogen-bond donors (Lipinski definition) is 0. The predicted molar refractivity (Wildman–Crippen MR) is 54.5 cm³/mol. The molecule has 0 heterocycles. The van der Waals surface area contributed by atoms with Crippen LogP contribution in [0.4, 0.5) is 0 Å². The highest BCUT2D eigenvalue weighted by atomic mass is 16.5. The van der Waals surface area contributed by atoms with Crippen LogP contribution in [-0.4, -0.2) is 12.6 Å². The highest BCUT2D eigenvalue weighted by Gasteiger charge is 2.08. The number of esters is 1. The first-order valence-corrected chi connectivity index (χ1v) is 4.95. The number of ether oxygens (including phenoxy) is 1. The van der Waals surface area contributed by atoms with Gasteiger partial charge in [0, 0.05) is 5.57 Å². The molecule has 0 amide bonds. The van der Waals surface area contributed by atoms with Gasteiger partial charge in [-0.15, -0.1) is 0 Å². The maximum Gasteiger partial charge on any atom is 0.333 e. The second kappa shape index (κ2) is 6.70. The number of rotatable bonds is 5. The molecule has 0 N–H and O–H groups in total. The van der Waals surface area contributed by atoms with Gasteiger partial charge in [0.15, 0.2) is 0 Å². The average Bonchev–Trinajstić information content (AvgIpc) is 2.17. The molecule has 0 unspecified atom stereocenters. The molecule has 2 nitrogen and oxygen atoms in total. The van der Waals surface area contributed by atoms with E-state index in [1.807, 2.05) is 6.92 Å². The van der Waals surface area contributed by atoms with Crippen LogP contribution in [0.15, 0.2) is 11.6 Å². The van der Waals surface area contributed by atoms with Gasteiger partial charge in [-0.2, -0.15) is 0 Å². The minimum atomic E-state index is -0.186. The molecule has 0 saturated carbocycles. The van der Waals surface area contributed by atoms with Gasteiger partial charge in [-0.05, 0) is 19.8 Å². The van der Waals surface area contributed by atoms with E-state index in [0.717, 1.165) is 12.8 Å². The third-order valence-electron chi connectivity index (χ3n) is 2.36. The normalized spacial score (nSPS) is 11.9. The summed E-state index contributed by atoms with van der Waals surface area (Å²) in [6.07, 6.45) is 3.91. The fraction of sp³-hybridized carbons (Fsp3) is 0.727. The maximum absolute atomic E-state index is 11.2. The quantitative estimate of drug-likeness (QED) is 0.485. The second-order valence-electron chi connectivity index (χ2n) is 3.25. The number of hydrogen-bond acceptors (Lipinski definition) is 2.